The number of benzene rings is 1. The number of carbonyl (C=O) groups excluding carboxylic acids is 1. The van der Waals surface area contributed by atoms with Crippen LogP contribution < -0.4 is 10.2 Å². The number of thioether (sulfide) groups is 1. The lowest BCUT2D eigenvalue weighted by atomic mass is 10.2. The van der Waals surface area contributed by atoms with Gasteiger partial charge < -0.3 is 14.8 Å². The Hall–Kier alpha value is -2.02. The van der Waals surface area contributed by atoms with Crippen LogP contribution in [0.5, 0.6) is 0 Å². The van der Waals surface area contributed by atoms with E-state index < -0.39 is 0 Å². The summed E-state index contributed by atoms with van der Waals surface area (Å²) in [5.74, 6) is 1.42. The summed E-state index contributed by atoms with van der Waals surface area (Å²) in [6.45, 7) is 3.09. The van der Waals surface area contributed by atoms with Gasteiger partial charge in [-0.15, -0.1) is 10.2 Å². The van der Waals surface area contributed by atoms with Crippen molar-refractivity contribution in [3.8, 4) is 0 Å². The molecule has 26 heavy (non-hydrogen) atoms. The van der Waals surface area contributed by atoms with Crippen molar-refractivity contribution >= 4 is 29.0 Å². The van der Waals surface area contributed by atoms with E-state index in [-0.39, 0.29) is 5.91 Å². The summed E-state index contributed by atoms with van der Waals surface area (Å²) >= 11 is 1.48. The van der Waals surface area contributed by atoms with E-state index in [1.165, 1.54) is 37.4 Å². The number of aromatic nitrogens is 3. The number of hydrogen-bond acceptors (Lipinski definition) is 5. The zero-order chi connectivity index (χ0) is 17.8. The fraction of sp³-hybridized carbons (Fsp3) is 0.526. The summed E-state index contributed by atoms with van der Waals surface area (Å²) in [7, 11) is 0. The third kappa shape index (κ3) is 3.87. The lowest BCUT2D eigenvalue weighted by Crippen LogP contribution is -2.21. The molecular weight excluding hydrogens is 346 g/mol. The fourth-order valence-electron chi connectivity index (χ4n) is 3.69. The van der Waals surface area contributed by atoms with E-state index in [1.54, 1.807) is 0 Å². The van der Waals surface area contributed by atoms with Crippen LogP contribution in [0.1, 0.15) is 37.9 Å². The SMILES string of the molecule is O=C(CSc1nnc2n1CCCCC2)Nc1ccccc1N1CCCC1. The molecule has 1 amide bonds. The maximum atomic E-state index is 12.5. The molecule has 0 radical (unpaired) electrons. The lowest BCUT2D eigenvalue weighted by Gasteiger charge is -2.21. The number of nitrogens with one attached hydrogen (secondary N) is 1. The minimum absolute atomic E-state index is 0.00705. The van der Waals surface area contributed by atoms with Gasteiger partial charge in [0.15, 0.2) is 5.16 Å². The molecule has 3 heterocycles. The van der Waals surface area contributed by atoms with Crippen LogP contribution in [-0.4, -0.2) is 39.5 Å². The first-order valence-electron chi connectivity index (χ1n) is 9.50. The molecule has 0 atom stereocenters. The van der Waals surface area contributed by atoms with Crippen molar-refractivity contribution < 1.29 is 4.79 Å². The molecule has 1 saturated heterocycles. The number of hydrogen-bond donors (Lipinski definition) is 1. The normalized spacial score (nSPS) is 17.0. The van der Waals surface area contributed by atoms with Gasteiger partial charge in [-0.3, -0.25) is 4.79 Å². The number of anilines is 2. The maximum absolute atomic E-state index is 12.5. The Bertz CT molecular complexity index is 769. The molecule has 4 rings (SSSR count). The molecular formula is C19H25N5OS. The molecule has 0 bridgehead atoms. The van der Waals surface area contributed by atoms with Crippen LogP contribution in [0.15, 0.2) is 29.4 Å². The third-order valence-corrected chi connectivity index (χ3v) is 6.00. The molecule has 7 heteroatoms. The quantitative estimate of drug-likeness (QED) is 0.817. The van der Waals surface area contributed by atoms with Gasteiger partial charge in [0.1, 0.15) is 5.82 Å². The molecule has 0 saturated carbocycles. The van der Waals surface area contributed by atoms with Crippen molar-refractivity contribution in [2.24, 2.45) is 0 Å². The van der Waals surface area contributed by atoms with E-state index >= 15 is 0 Å². The van der Waals surface area contributed by atoms with Crippen LogP contribution in [0.25, 0.3) is 0 Å². The predicted octanol–water partition coefficient (Wildman–Crippen LogP) is 3.34. The van der Waals surface area contributed by atoms with Gasteiger partial charge in [-0.25, -0.2) is 0 Å². The van der Waals surface area contributed by atoms with Crippen molar-refractivity contribution in [1.82, 2.24) is 14.8 Å². The van der Waals surface area contributed by atoms with E-state index in [0.717, 1.165) is 54.8 Å². The van der Waals surface area contributed by atoms with Gasteiger partial charge >= 0.3 is 0 Å². The van der Waals surface area contributed by atoms with E-state index in [4.69, 9.17) is 0 Å². The first-order chi connectivity index (χ1) is 12.8. The summed E-state index contributed by atoms with van der Waals surface area (Å²) < 4.78 is 2.18. The van der Waals surface area contributed by atoms with Crippen LogP contribution >= 0.6 is 11.8 Å². The smallest absolute Gasteiger partial charge is 0.234 e. The van der Waals surface area contributed by atoms with Gasteiger partial charge in [0, 0.05) is 26.1 Å². The molecule has 1 N–H and O–H groups in total. The van der Waals surface area contributed by atoms with Crippen molar-refractivity contribution in [3.63, 3.8) is 0 Å². The van der Waals surface area contributed by atoms with Crippen molar-refractivity contribution in [2.45, 2.75) is 50.2 Å². The van der Waals surface area contributed by atoms with Gasteiger partial charge in [0.2, 0.25) is 5.91 Å². The Balaban J connectivity index is 1.39. The minimum Gasteiger partial charge on any atom is -0.370 e. The van der Waals surface area contributed by atoms with E-state index in [0.29, 0.717) is 5.75 Å². The van der Waals surface area contributed by atoms with Gasteiger partial charge in [0.05, 0.1) is 17.1 Å². The number of fused-ring (bicyclic) bond motifs is 1. The molecule has 138 valence electrons. The molecule has 2 aliphatic heterocycles. The van der Waals surface area contributed by atoms with Crippen LogP contribution in [0.4, 0.5) is 11.4 Å². The van der Waals surface area contributed by atoms with Crippen LogP contribution in [0.2, 0.25) is 0 Å². The predicted molar refractivity (Wildman–Crippen MR) is 105 cm³/mol. The standard InChI is InChI=1S/C19H25N5OS/c25-18(14-26-19-22-21-17-10-2-1-5-13-24(17)19)20-15-8-3-4-9-16(15)23-11-6-7-12-23/h3-4,8-9H,1-2,5-7,10-14H2,(H,20,25). The van der Waals surface area contributed by atoms with Gasteiger partial charge in [0.25, 0.3) is 0 Å². The summed E-state index contributed by atoms with van der Waals surface area (Å²) in [6.07, 6.45) is 7.00. The Morgan fingerprint density at radius 3 is 2.73 bits per heavy atom. The summed E-state index contributed by atoms with van der Waals surface area (Å²) in [5.41, 5.74) is 2.03. The second-order valence-corrected chi connectivity index (χ2v) is 7.85. The molecule has 1 aromatic carbocycles. The molecule has 2 aromatic rings. The molecule has 0 aliphatic carbocycles. The first kappa shape index (κ1) is 17.4. The summed E-state index contributed by atoms with van der Waals surface area (Å²) in [4.78, 5) is 14.9. The highest BCUT2D eigenvalue weighted by Crippen LogP contribution is 2.29. The summed E-state index contributed by atoms with van der Waals surface area (Å²) in [5, 5.41) is 12.5. The number of amides is 1. The molecule has 1 fully saturated rings. The number of nitrogens with zero attached hydrogens (tertiary/aromatic N) is 4. The molecule has 6 nitrogen and oxygen atoms in total. The molecule has 0 spiro atoms. The zero-order valence-electron chi connectivity index (χ0n) is 15.0. The van der Waals surface area contributed by atoms with Gasteiger partial charge in [-0.2, -0.15) is 0 Å². The number of para-hydroxylation sites is 2. The van der Waals surface area contributed by atoms with Crippen LogP contribution in [0.3, 0.4) is 0 Å². The number of aryl methyl sites for hydroxylation is 1. The molecule has 2 aliphatic rings. The maximum Gasteiger partial charge on any atom is 0.234 e. The highest BCUT2D eigenvalue weighted by Gasteiger charge is 2.18. The van der Waals surface area contributed by atoms with Crippen molar-refractivity contribution in [3.05, 3.63) is 30.1 Å². The Morgan fingerprint density at radius 2 is 1.85 bits per heavy atom. The van der Waals surface area contributed by atoms with Crippen molar-refractivity contribution in [2.75, 3.05) is 29.1 Å². The van der Waals surface area contributed by atoms with E-state index in [2.05, 4.69) is 31.0 Å². The minimum atomic E-state index is 0.00705. The Kier molecular flexibility index (Phi) is 5.43. The molecule has 1 aromatic heterocycles. The third-order valence-electron chi connectivity index (χ3n) is 5.03. The zero-order valence-corrected chi connectivity index (χ0v) is 15.8. The Morgan fingerprint density at radius 1 is 1.04 bits per heavy atom. The average molecular weight is 372 g/mol. The molecule has 0 unspecified atom stereocenters. The topological polar surface area (TPSA) is 63.1 Å². The van der Waals surface area contributed by atoms with Crippen LogP contribution in [-0.2, 0) is 17.8 Å². The number of rotatable bonds is 5. The van der Waals surface area contributed by atoms with Crippen LogP contribution in [0, 0.1) is 0 Å². The van der Waals surface area contributed by atoms with E-state index in [1.807, 2.05) is 18.2 Å². The largest absolute Gasteiger partial charge is 0.370 e. The second-order valence-electron chi connectivity index (χ2n) is 6.91. The monoisotopic (exact) mass is 371 g/mol. The average Bonchev–Trinajstić information content (AvgIpc) is 3.26. The van der Waals surface area contributed by atoms with E-state index in [9.17, 15) is 4.79 Å². The Labute approximate surface area is 158 Å². The fourth-order valence-corrected chi connectivity index (χ4v) is 4.48. The lowest BCUT2D eigenvalue weighted by molar-refractivity contribution is -0.113. The second kappa shape index (κ2) is 8.12. The summed E-state index contributed by atoms with van der Waals surface area (Å²) in [6, 6.07) is 8.08. The highest BCUT2D eigenvalue weighted by molar-refractivity contribution is 7.99. The van der Waals surface area contributed by atoms with Crippen molar-refractivity contribution in [1.29, 1.82) is 0 Å². The van der Waals surface area contributed by atoms with Gasteiger partial charge in [-0.1, -0.05) is 30.3 Å². The van der Waals surface area contributed by atoms with Gasteiger partial charge in [-0.05, 0) is 37.8 Å². The first-order valence-corrected chi connectivity index (χ1v) is 10.5. The highest BCUT2D eigenvalue weighted by atomic mass is 32.2. The number of carbonyl (C=O) groups is 1.